The van der Waals surface area contributed by atoms with Crippen LogP contribution in [0.25, 0.3) is 0 Å². The Balaban J connectivity index is 2.24. The van der Waals surface area contributed by atoms with Crippen molar-refractivity contribution in [2.24, 2.45) is 5.92 Å². The smallest absolute Gasteiger partial charge is 0.120 e. The van der Waals surface area contributed by atoms with E-state index in [0.29, 0.717) is 0 Å². The van der Waals surface area contributed by atoms with Gasteiger partial charge in [-0.1, -0.05) is 20.3 Å². The maximum Gasteiger partial charge on any atom is 0.120 e. The summed E-state index contributed by atoms with van der Waals surface area (Å²) >= 11 is 0. The molecule has 0 amide bonds. The fourth-order valence-corrected chi connectivity index (χ4v) is 1.16. The number of nitrogens with one attached hydrogen (secondary N) is 1. The SMILES string of the molecule is CCC(C)CNCc1occc1C. The summed E-state index contributed by atoms with van der Waals surface area (Å²) in [4.78, 5) is 0. The second-order valence-corrected chi connectivity index (χ2v) is 3.67. The zero-order valence-corrected chi connectivity index (χ0v) is 8.76. The van der Waals surface area contributed by atoms with Gasteiger partial charge in [-0.3, -0.25) is 0 Å². The van der Waals surface area contributed by atoms with E-state index in [9.17, 15) is 0 Å². The van der Waals surface area contributed by atoms with Crippen LogP contribution < -0.4 is 5.32 Å². The number of hydrogen-bond acceptors (Lipinski definition) is 2. The van der Waals surface area contributed by atoms with Crippen LogP contribution in [-0.2, 0) is 6.54 Å². The lowest BCUT2D eigenvalue weighted by Crippen LogP contribution is -2.20. The monoisotopic (exact) mass is 181 g/mol. The van der Waals surface area contributed by atoms with Crippen molar-refractivity contribution in [2.45, 2.75) is 33.7 Å². The standard InChI is InChI=1S/C11H19NO/c1-4-9(2)7-12-8-11-10(3)5-6-13-11/h5-6,9,12H,4,7-8H2,1-3H3. The zero-order valence-electron chi connectivity index (χ0n) is 8.76. The molecule has 1 rings (SSSR count). The fraction of sp³-hybridized carbons (Fsp3) is 0.636. The minimum absolute atomic E-state index is 0.746. The highest BCUT2D eigenvalue weighted by atomic mass is 16.3. The molecule has 0 aliphatic carbocycles. The van der Waals surface area contributed by atoms with Gasteiger partial charge in [0.2, 0.25) is 0 Å². The molecule has 1 aromatic rings. The minimum Gasteiger partial charge on any atom is -0.468 e. The Hall–Kier alpha value is -0.760. The van der Waals surface area contributed by atoms with Crippen molar-refractivity contribution in [2.75, 3.05) is 6.54 Å². The predicted molar refractivity (Wildman–Crippen MR) is 54.6 cm³/mol. The largest absolute Gasteiger partial charge is 0.468 e. The van der Waals surface area contributed by atoms with Gasteiger partial charge in [-0.05, 0) is 31.0 Å². The van der Waals surface area contributed by atoms with E-state index in [1.165, 1.54) is 12.0 Å². The van der Waals surface area contributed by atoms with E-state index in [2.05, 4.69) is 26.1 Å². The van der Waals surface area contributed by atoms with E-state index in [0.717, 1.165) is 24.8 Å². The molecule has 2 heteroatoms. The van der Waals surface area contributed by atoms with Crippen LogP contribution in [0.4, 0.5) is 0 Å². The number of rotatable bonds is 5. The molecule has 0 saturated carbocycles. The molecule has 1 unspecified atom stereocenters. The van der Waals surface area contributed by atoms with Crippen LogP contribution in [0.5, 0.6) is 0 Å². The summed E-state index contributed by atoms with van der Waals surface area (Å²) in [6.07, 6.45) is 2.97. The average molecular weight is 181 g/mol. The normalized spacial score (nSPS) is 13.2. The van der Waals surface area contributed by atoms with Crippen molar-refractivity contribution in [1.29, 1.82) is 0 Å². The summed E-state index contributed by atoms with van der Waals surface area (Å²) in [6, 6.07) is 2.00. The molecule has 1 heterocycles. The number of hydrogen-bond donors (Lipinski definition) is 1. The molecule has 1 N–H and O–H groups in total. The molecule has 13 heavy (non-hydrogen) atoms. The Labute approximate surface area is 80.3 Å². The molecule has 2 nitrogen and oxygen atoms in total. The van der Waals surface area contributed by atoms with Crippen molar-refractivity contribution in [3.05, 3.63) is 23.7 Å². The van der Waals surface area contributed by atoms with Gasteiger partial charge in [0.15, 0.2) is 0 Å². The predicted octanol–water partition coefficient (Wildman–Crippen LogP) is 2.72. The maximum absolute atomic E-state index is 5.32. The van der Waals surface area contributed by atoms with E-state index in [4.69, 9.17) is 4.42 Å². The third-order valence-corrected chi connectivity index (χ3v) is 2.44. The topological polar surface area (TPSA) is 25.2 Å². The lowest BCUT2D eigenvalue weighted by Gasteiger charge is -2.08. The van der Waals surface area contributed by atoms with Crippen LogP contribution >= 0.6 is 0 Å². The van der Waals surface area contributed by atoms with Gasteiger partial charge in [0.1, 0.15) is 5.76 Å². The summed E-state index contributed by atoms with van der Waals surface area (Å²) in [5.74, 6) is 1.80. The highest BCUT2D eigenvalue weighted by molar-refractivity contribution is 5.13. The molecule has 0 radical (unpaired) electrons. The van der Waals surface area contributed by atoms with Gasteiger partial charge in [-0.25, -0.2) is 0 Å². The third kappa shape index (κ3) is 3.23. The van der Waals surface area contributed by atoms with E-state index in [1.807, 2.05) is 6.07 Å². The van der Waals surface area contributed by atoms with E-state index in [-0.39, 0.29) is 0 Å². The molecule has 0 aliphatic rings. The van der Waals surface area contributed by atoms with Gasteiger partial charge in [-0.2, -0.15) is 0 Å². The molecule has 0 aliphatic heterocycles. The molecule has 1 aromatic heterocycles. The molecular formula is C11H19NO. The van der Waals surface area contributed by atoms with Crippen LogP contribution in [0.15, 0.2) is 16.7 Å². The lowest BCUT2D eigenvalue weighted by molar-refractivity contribution is 0.447. The van der Waals surface area contributed by atoms with Crippen LogP contribution in [-0.4, -0.2) is 6.54 Å². The van der Waals surface area contributed by atoms with Crippen molar-refractivity contribution in [3.63, 3.8) is 0 Å². The molecular weight excluding hydrogens is 162 g/mol. The van der Waals surface area contributed by atoms with Gasteiger partial charge in [0, 0.05) is 0 Å². The fourth-order valence-electron chi connectivity index (χ4n) is 1.16. The van der Waals surface area contributed by atoms with Crippen molar-refractivity contribution < 1.29 is 4.42 Å². The number of furan rings is 1. The van der Waals surface area contributed by atoms with Gasteiger partial charge < -0.3 is 9.73 Å². The number of aryl methyl sites for hydroxylation is 1. The van der Waals surface area contributed by atoms with E-state index < -0.39 is 0 Å². The first-order valence-electron chi connectivity index (χ1n) is 4.97. The zero-order chi connectivity index (χ0) is 9.68. The Kier molecular flexibility index (Phi) is 4.03. The molecule has 0 aromatic carbocycles. The summed E-state index contributed by atoms with van der Waals surface area (Å²) in [6.45, 7) is 8.45. The molecule has 74 valence electrons. The molecule has 0 saturated heterocycles. The quantitative estimate of drug-likeness (QED) is 0.755. The second-order valence-electron chi connectivity index (χ2n) is 3.67. The Morgan fingerprint density at radius 2 is 2.31 bits per heavy atom. The third-order valence-electron chi connectivity index (χ3n) is 2.44. The Morgan fingerprint density at radius 3 is 2.85 bits per heavy atom. The Bertz CT molecular complexity index is 242. The van der Waals surface area contributed by atoms with Gasteiger partial charge >= 0.3 is 0 Å². The molecule has 1 atom stereocenters. The molecule has 0 bridgehead atoms. The van der Waals surface area contributed by atoms with Gasteiger partial charge in [0.05, 0.1) is 12.8 Å². The first-order chi connectivity index (χ1) is 6.24. The average Bonchev–Trinajstić information content (AvgIpc) is 2.52. The van der Waals surface area contributed by atoms with E-state index in [1.54, 1.807) is 6.26 Å². The van der Waals surface area contributed by atoms with Crippen LogP contribution in [0, 0.1) is 12.8 Å². The van der Waals surface area contributed by atoms with Gasteiger partial charge in [-0.15, -0.1) is 0 Å². The molecule has 0 spiro atoms. The summed E-state index contributed by atoms with van der Waals surface area (Å²) in [7, 11) is 0. The summed E-state index contributed by atoms with van der Waals surface area (Å²) in [5.41, 5.74) is 1.23. The van der Waals surface area contributed by atoms with E-state index >= 15 is 0 Å². The molecule has 0 fully saturated rings. The van der Waals surface area contributed by atoms with Crippen molar-refractivity contribution in [1.82, 2.24) is 5.32 Å². The van der Waals surface area contributed by atoms with Crippen molar-refractivity contribution >= 4 is 0 Å². The lowest BCUT2D eigenvalue weighted by atomic mass is 10.1. The highest BCUT2D eigenvalue weighted by Crippen LogP contribution is 2.08. The van der Waals surface area contributed by atoms with Crippen molar-refractivity contribution in [3.8, 4) is 0 Å². The second kappa shape index (κ2) is 5.07. The summed E-state index contributed by atoms with van der Waals surface area (Å²) in [5, 5.41) is 3.39. The first kappa shape index (κ1) is 10.3. The minimum atomic E-state index is 0.746. The van der Waals surface area contributed by atoms with Gasteiger partial charge in [0.25, 0.3) is 0 Å². The van der Waals surface area contributed by atoms with Crippen LogP contribution in [0.1, 0.15) is 31.6 Å². The van der Waals surface area contributed by atoms with Crippen LogP contribution in [0.2, 0.25) is 0 Å². The highest BCUT2D eigenvalue weighted by Gasteiger charge is 2.02. The summed E-state index contributed by atoms with van der Waals surface area (Å²) < 4.78 is 5.32. The Morgan fingerprint density at radius 1 is 1.54 bits per heavy atom. The first-order valence-corrected chi connectivity index (χ1v) is 4.97. The van der Waals surface area contributed by atoms with Crippen LogP contribution in [0.3, 0.4) is 0 Å². The maximum atomic E-state index is 5.32.